The number of aliphatic hydroxyl groups excluding tert-OH is 1. The lowest BCUT2D eigenvalue weighted by molar-refractivity contribution is -0.140. The summed E-state index contributed by atoms with van der Waals surface area (Å²) in [6.45, 7) is -0.678. The Labute approximate surface area is 93.0 Å². The Morgan fingerprint density at radius 2 is 2.20 bits per heavy atom. The van der Waals surface area contributed by atoms with Crippen molar-refractivity contribution in [2.45, 2.75) is 6.04 Å². The second kappa shape index (κ2) is 4.94. The first-order valence-corrected chi connectivity index (χ1v) is 4.73. The molecule has 0 spiro atoms. The predicted molar refractivity (Wildman–Crippen MR) is 52.4 cm³/mol. The van der Waals surface area contributed by atoms with Crippen molar-refractivity contribution >= 4 is 27.8 Å². The van der Waals surface area contributed by atoms with E-state index in [-0.39, 0.29) is 5.76 Å². The maximum absolute atomic E-state index is 11.3. The summed E-state index contributed by atoms with van der Waals surface area (Å²) in [5.74, 6) is -2.03. The van der Waals surface area contributed by atoms with Gasteiger partial charge in [0.15, 0.2) is 16.5 Å². The largest absolute Gasteiger partial charge is 0.480 e. The molecule has 1 aromatic rings. The van der Waals surface area contributed by atoms with Gasteiger partial charge in [-0.1, -0.05) is 0 Å². The van der Waals surface area contributed by atoms with Gasteiger partial charge in [0.05, 0.1) is 6.61 Å². The van der Waals surface area contributed by atoms with Crippen LogP contribution >= 0.6 is 15.9 Å². The number of carboxylic acid groups (broad SMARTS) is 1. The summed E-state index contributed by atoms with van der Waals surface area (Å²) < 4.78 is 5.26. The summed E-state index contributed by atoms with van der Waals surface area (Å²) in [6.07, 6.45) is 0. The highest BCUT2D eigenvalue weighted by Crippen LogP contribution is 2.13. The first kappa shape index (κ1) is 11.7. The van der Waals surface area contributed by atoms with Crippen molar-refractivity contribution in [1.29, 1.82) is 0 Å². The first-order valence-electron chi connectivity index (χ1n) is 3.94. The number of hydrogen-bond donors (Lipinski definition) is 3. The molecule has 7 heteroatoms. The Morgan fingerprint density at radius 3 is 2.60 bits per heavy atom. The van der Waals surface area contributed by atoms with Crippen LogP contribution in [0.2, 0.25) is 0 Å². The molecule has 0 aliphatic heterocycles. The minimum absolute atomic E-state index is 0.0263. The van der Waals surface area contributed by atoms with Crippen LogP contribution in [0, 0.1) is 0 Å². The third-order valence-corrected chi connectivity index (χ3v) is 2.01. The molecule has 1 atom stereocenters. The number of aliphatic carboxylic acids is 1. The fourth-order valence-electron chi connectivity index (χ4n) is 0.851. The maximum atomic E-state index is 11.3. The van der Waals surface area contributed by atoms with Gasteiger partial charge < -0.3 is 19.9 Å². The summed E-state index contributed by atoms with van der Waals surface area (Å²) in [5, 5.41) is 19.3. The molecule has 0 unspecified atom stereocenters. The second-order valence-electron chi connectivity index (χ2n) is 2.65. The van der Waals surface area contributed by atoms with E-state index >= 15 is 0 Å². The van der Waals surface area contributed by atoms with Crippen LogP contribution in [0.3, 0.4) is 0 Å². The van der Waals surface area contributed by atoms with E-state index in [0.717, 1.165) is 0 Å². The smallest absolute Gasteiger partial charge is 0.328 e. The molecule has 0 bridgehead atoms. The number of aliphatic hydroxyl groups is 1. The van der Waals surface area contributed by atoms with Crippen LogP contribution in [0.4, 0.5) is 0 Å². The second-order valence-corrected chi connectivity index (χ2v) is 3.43. The van der Waals surface area contributed by atoms with Gasteiger partial charge in [-0.05, 0) is 28.1 Å². The lowest BCUT2D eigenvalue weighted by Gasteiger charge is -2.09. The van der Waals surface area contributed by atoms with Gasteiger partial charge in [0.25, 0.3) is 5.91 Å². The van der Waals surface area contributed by atoms with Crippen LogP contribution in [0.15, 0.2) is 21.2 Å². The zero-order valence-corrected chi connectivity index (χ0v) is 9.02. The van der Waals surface area contributed by atoms with E-state index in [1.165, 1.54) is 12.1 Å². The average Bonchev–Trinajstić information content (AvgIpc) is 2.60. The summed E-state index contributed by atoms with van der Waals surface area (Å²) in [7, 11) is 0. The van der Waals surface area contributed by atoms with Gasteiger partial charge in [-0.3, -0.25) is 4.79 Å². The van der Waals surface area contributed by atoms with Crippen molar-refractivity contribution in [2.24, 2.45) is 0 Å². The molecule has 82 valence electrons. The molecule has 0 aromatic carbocycles. The molecule has 6 nitrogen and oxygen atoms in total. The van der Waals surface area contributed by atoms with E-state index < -0.39 is 24.5 Å². The SMILES string of the molecule is O=C(N[C@H](CO)C(=O)O)c1ccc(Br)o1. The van der Waals surface area contributed by atoms with E-state index in [1.807, 2.05) is 0 Å². The minimum atomic E-state index is -1.33. The molecule has 0 aliphatic carbocycles. The average molecular weight is 278 g/mol. The van der Waals surface area contributed by atoms with Gasteiger partial charge in [-0.15, -0.1) is 0 Å². The zero-order chi connectivity index (χ0) is 11.4. The zero-order valence-electron chi connectivity index (χ0n) is 7.44. The summed E-state index contributed by atoms with van der Waals surface area (Å²) >= 11 is 3.00. The molecule has 1 aromatic heterocycles. The Morgan fingerprint density at radius 1 is 1.53 bits per heavy atom. The highest BCUT2D eigenvalue weighted by Gasteiger charge is 2.21. The highest BCUT2D eigenvalue weighted by atomic mass is 79.9. The lowest BCUT2D eigenvalue weighted by atomic mass is 10.3. The van der Waals surface area contributed by atoms with Gasteiger partial charge in [-0.2, -0.15) is 0 Å². The molecule has 1 amide bonds. The third kappa shape index (κ3) is 3.07. The van der Waals surface area contributed by atoms with E-state index in [4.69, 9.17) is 14.6 Å². The quantitative estimate of drug-likeness (QED) is 0.731. The van der Waals surface area contributed by atoms with Gasteiger partial charge >= 0.3 is 5.97 Å². The fraction of sp³-hybridized carbons (Fsp3) is 0.250. The van der Waals surface area contributed by atoms with Crippen LogP contribution in [0.25, 0.3) is 0 Å². The number of nitrogens with one attached hydrogen (secondary N) is 1. The van der Waals surface area contributed by atoms with Crippen molar-refractivity contribution in [3.8, 4) is 0 Å². The number of hydrogen-bond acceptors (Lipinski definition) is 4. The predicted octanol–water partition coefficient (Wildman–Crippen LogP) is 0.217. The Bertz CT molecular complexity index is 375. The van der Waals surface area contributed by atoms with Gasteiger partial charge in [0.2, 0.25) is 0 Å². The molecular formula is C8H8BrNO5. The Hall–Kier alpha value is -1.34. The van der Waals surface area contributed by atoms with Crippen LogP contribution in [0.5, 0.6) is 0 Å². The number of furan rings is 1. The van der Waals surface area contributed by atoms with Gasteiger partial charge in [-0.25, -0.2) is 4.79 Å². The maximum Gasteiger partial charge on any atom is 0.328 e. The number of carbonyl (C=O) groups excluding carboxylic acids is 1. The van der Waals surface area contributed by atoms with E-state index in [2.05, 4.69) is 21.2 Å². The molecule has 0 radical (unpaired) electrons. The molecule has 0 saturated carbocycles. The van der Waals surface area contributed by atoms with Crippen molar-refractivity contribution in [1.82, 2.24) is 5.32 Å². The van der Waals surface area contributed by atoms with Crippen molar-refractivity contribution in [3.63, 3.8) is 0 Å². The molecule has 3 N–H and O–H groups in total. The number of carboxylic acids is 1. The normalized spacial score (nSPS) is 12.1. The fourth-order valence-corrected chi connectivity index (χ4v) is 1.16. The molecule has 0 aliphatic rings. The molecule has 1 heterocycles. The standard InChI is InChI=1S/C8H8BrNO5/c9-6-2-1-5(15-6)7(12)10-4(3-11)8(13)14/h1-2,4,11H,3H2,(H,10,12)(H,13,14)/t4-/m1/s1. The van der Waals surface area contributed by atoms with Gasteiger partial charge in [0.1, 0.15) is 0 Å². The monoisotopic (exact) mass is 277 g/mol. The molecule has 15 heavy (non-hydrogen) atoms. The summed E-state index contributed by atoms with van der Waals surface area (Å²) in [4.78, 5) is 21.8. The lowest BCUT2D eigenvalue weighted by Crippen LogP contribution is -2.43. The number of amides is 1. The van der Waals surface area contributed by atoms with E-state index in [0.29, 0.717) is 4.67 Å². The van der Waals surface area contributed by atoms with E-state index in [9.17, 15) is 9.59 Å². The van der Waals surface area contributed by atoms with Crippen LogP contribution < -0.4 is 5.32 Å². The highest BCUT2D eigenvalue weighted by molar-refractivity contribution is 9.10. The first-order chi connectivity index (χ1) is 7.04. The van der Waals surface area contributed by atoms with Crippen molar-refractivity contribution in [3.05, 3.63) is 22.6 Å². The van der Waals surface area contributed by atoms with Crippen molar-refractivity contribution in [2.75, 3.05) is 6.61 Å². The van der Waals surface area contributed by atoms with E-state index in [1.54, 1.807) is 0 Å². The number of halogens is 1. The number of rotatable bonds is 4. The topological polar surface area (TPSA) is 99.8 Å². The molecule has 1 rings (SSSR count). The van der Waals surface area contributed by atoms with Crippen molar-refractivity contribution < 1.29 is 24.2 Å². The summed E-state index contributed by atoms with van der Waals surface area (Å²) in [6, 6.07) is 1.56. The Balaban J connectivity index is 2.66. The summed E-state index contributed by atoms with van der Waals surface area (Å²) in [5.41, 5.74) is 0. The molecule has 0 saturated heterocycles. The van der Waals surface area contributed by atoms with Crippen LogP contribution in [0.1, 0.15) is 10.6 Å². The molecular weight excluding hydrogens is 270 g/mol. The number of carbonyl (C=O) groups is 2. The molecule has 0 fully saturated rings. The minimum Gasteiger partial charge on any atom is -0.480 e. The van der Waals surface area contributed by atoms with Crippen LogP contribution in [-0.4, -0.2) is 34.7 Å². The Kier molecular flexibility index (Phi) is 3.87. The van der Waals surface area contributed by atoms with Gasteiger partial charge in [0, 0.05) is 0 Å². The van der Waals surface area contributed by atoms with Crippen LogP contribution in [-0.2, 0) is 4.79 Å². The third-order valence-electron chi connectivity index (χ3n) is 1.58.